The summed E-state index contributed by atoms with van der Waals surface area (Å²) in [7, 11) is 0. The molecule has 1 aromatic rings. The summed E-state index contributed by atoms with van der Waals surface area (Å²) in [5.74, 6) is 5.53. The van der Waals surface area contributed by atoms with Crippen molar-refractivity contribution >= 4 is 17.3 Å². The Labute approximate surface area is 83.3 Å². The van der Waals surface area contributed by atoms with E-state index in [0.717, 1.165) is 6.42 Å². The van der Waals surface area contributed by atoms with E-state index in [1.807, 2.05) is 30.3 Å². The van der Waals surface area contributed by atoms with Crippen molar-refractivity contribution in [1.82, 2.24) is 5.01 Å². The summed E-state index contributed by atoms with van der Waals surface area (Å²) in [6, 6.07) is 10.1. The molecular formula is C9H13N3S. The van der Waals surface area contributed by atoms with Gasteiger partial charge in [-0.25, -0.2) is 5.84 Å². The molecule has 0 fully saturated rings. The van der Waals surface area contributed by atoms with Gasteiger partial charge < -0.3 is 5.73 Å². The van der Waals surface area contributed by atoms with E-state index in [9.17, 15) is 0 Å². The molecule has 3 nitrogen and oxygen atoms in total. The van der Waals surface area contributed by atoms with E-state index in [1.165, 1.54) is 10.6 Å². The third-order valence-corrected chi connectivity index (χ3v) is 2.00. The van der Waals surface area contributed by atoms with Gasteiger partial charge in [0.05, 0.1) is 0 Å². The molecule has 0 saturated heterocycles. The fourth-order valence-electron chi connectivity index (χ4n) is 1.00. The van der Waals surface area contributed by atoms with Crippen LogP contribution in [0.2, 0.25) is 0 Å². The Kier molecular flexibility index (Phi) is 3.67. The lowest BCUT2D eigenvalue weighted by atomic mass is 10.1. The predicted octanol–water partition coefficient (Wildman–Crippen LogP) is 0.648. The van der Waals surface area contributed by atoms with Crippen LogP contribution in [0.1, 0.15) is 5.56 Å². The van der Waals surface area contributed by atoms with Crippen molar-refractivity contribution in [2.45, 2.75) is 6.42 Å². The van der Waals surface area contributed by atoms with Crippen LogP contribution in [0.4, 0.5) is 0 Å². The number of hydrogen-bond donors (Lipinski definition) is 2. The largest absolute Gasteiger partial charge is 0.375 e. The number of nitrogens with two attached hydrogens (primary N) is 2. The number of hydrogen-bond acceptors (Lipinski definition) is 2. The van der Waals surface area contributed by atoms with E-state index in [0.29, 0.717) is 6.54 Å². The van der Waals surface area contributed by atoms with Crippen molar-refractivity contribution in [1.29, 1.82) is 0 Å². The van der Waals surface area contributed by atoms with Crippen LogP contribution >= 0.6 is 12.2 Å². The fraction of sp³-hybridized carbons (Fsp3) is 0.222. The molecule has 0 bridgehead atoms. The topological polar surface area (TPSA) is 55.3 Å². The van der Waals surface area contributed by atoms with Crippen molar-refractivity contribution in [3.05, 3.63) is 35.9 Å². The summed E-state index contributed by atoms with van der Waals surface area (Å²) in [4.78, 5) is 0. The Morgan fingerprint density at radius 2 is 1.92 bits per heavy atom. The van der Waals surface area contributed by atoms with E-state index in [1.54, 1.807) is 0 Å². The molecule has 0 radical (unpaired) electrons. The van der Waals surface area contributed by atoms with Crippen LogP contribution in [-0.2, 0) is 6.42 Å². The zero-order chi connectivity index (χ0) is 9.68. The maximum absolute atomic E-state index is 5.53. The average molecular weight is 195 g/mol. The van der Waals surface area contributed by atoms with E-state index in [2.05, 4.69) is 0 Å². The van der Waals surface area contributed by atoms with Crippen molar-refractivity contribution in [2.24, 2.45) is 11.6 Å². The van der Waals surface area contributed by atoms with Gasteiger partial charge in [-0.3, -0.25) is 5.01 Å². The number of thiocarbonyl (C=S) groups is 1. The SMILES string of the molecule is NC(=S)N(N)CCc1ccccc1. The van der Waals surface area contributed by atoms with Gasteiger partial charge in [-0.05, 0) is 24.2 Å². The smallest absolute Gasteiger partial charge is 0.180 e. The number of hydrazine groups is 1. The molecule has 4 heteroatoms. The second-order valence-electron chi connectivity index (χ2n) is 2.77. The summed E-state index contributed by atoms with van der Waals surface area (Å²) in [6.45, 7) is 0.652. The third-order valence-electron chi connectivity index (χ3n) is 1.77. The summed E-state index contributed by atoms with van der Waals surface area (Å²) >= 11 is 4.71. The highest BCUT2D eigenvalue weighted by Crippen LogP contribution is 1.99. The van der Waals surface area contributed by atoms with Gasteiger partial charge in [0.15, 0.2) is 5.11 Å². The molecule has 70 valence electrons. The summed E-state index contributed by atoms with van der Waals surface area (Å²) in [5.41, 5.74) is 6.56. The van der Waals surface area contributed by atoms with Crippen molar-refractivity contribution in [3.8, 4) is 0 Å². The molecule has 0 aromatic heterocycles. The molecule has 0 aliphatic carbocycles. The first-order valence-electron chi connectivity index (χ1n) is 4.06. The van der Waals surface area contributed by atoms with Crippen LogP contribution in [0.15, 0.2) is 30.3 Å². The summed E-state index contributed by atoms with van der Waals surface area (Å²) < 4.78 is 0. The maximum Gasteiger partial charge on any atom is 0.180 e. The molecule has 0 spiro atoms. The van der Waals surface area contributed by atoms with Gasteiger partial charge >= 0.3 is 0 Å². The first-order valence-corrected chi connectivity index (χ1v) is 4.46. The Hall–Kier alpha value is -1.13. The van der Waals surface area contributed by atoms with Gasteiger partial charge in [-0.1, -0.05) is 30.3 Å². The van der Waals surface area contributed by atoms with Gasteiger partial charge in [-0.2, -0.15) is 0 Å². The van der Waals surface area contributed by atoms with Crippen LogP contribution in [0.3, 0.4) is 0 Å². The standard InChI is InChI=1S/C9H13N3S/c10-9(13)12(11)7-6-8-4-2-1-3-5-8/h1-5H,6-7,11H2,(H2,10,13). The summed E-state index contributed by atoms with van der Waals surface area (Å²) in [6.07, 6.45) is 0.856. The van der Waals surface area contributed by atoms with Gasteiger partial charge in [0.2, 0.25) is 0 Å². The van der Waals surface area contributed by atoms with Crippen molar-refractivity contribution in [2.75, 3.05) is 6.54 Å². The normalized spacial score (nSPS) is 9.62. The van der Waals surface area contributed by atoms with Crippen LogP contribution in [0.5, 0.6) is 0 Å². The minimum absolute atomic E-state index is 0.232. The first kappa shape index (κ1) is 9.95. The van der Waals surface area contributed by atoms with Crippen LogP contribution in [0.25, 0.3) is 0 Å². The molecule has 0 aliphatic heterocycles. The van der Waals surface area contributed by atoms with Crippen molar-refractivity contribution < 1.29 is 0 Å². The lowest BCUT2D eigenvalue weighted by molar-refractivity contribution is 0.447. The Morgan fingerprint density at radius 3 is 2.46 bits per heavy atom. The molecule has 0 unspecified atom stereocenters. The average Bonchev–Trinajstić information content (AvgIpc) is 2.15. The highest BCUT2D eigenvalue weighted by Gasteiger charge is 1.99. The van der Waals surface area contributed by atoms with Crippen LogP contribution < -0.4 is 11.6 Å². The third kappa shape index (κ3) is 3.40. The van der Waals surface area contributed by atoms with Crippen molar-refractivity contribution in [3.63, 3.8) is 0 Å². The van der Waals surface area contributed by atoms with E-state index < -0.39 is 0 Å². The Morgan fingerprint density at radius 1 is 1.31 bits per heavy atom. The number of benzene rings is 1. The monoisotopic (exact) mass is 195 g/mol. The highest BCUT2D eigenvalue weighted by molar-refractivity contribution is 7.80. The maximum atomic E-state index is 5.53. The molecule has 1 rings (SSSR count). The van der Waals surface area contributed by atoms with Gasteiger partial charge in [0.25, 0.3) is 0 Å². The minimum Gasteiger partial charge on any atom is -0.375 e. The zero-order valence-electron chi connectivity index (χ0n) is 7.31. The second-order valence-corrected chi connectivity index (χ2v) is 3.19. The molecule has 0 heterocycles. The van der Waals surface area contributed by atoms with E-state index >= 15 is 0 Å². The van der Waals surface area contributed by atoms with Gasteiger partial charge in [0, 0.05) is 6.54 Å². The molecule has 13 heavy (non-hydrogen) atoms. The molecule has 0 aliphatic rings. The molecule has 4 N–H and O–H groups in total. The zero-order valence-corrected chi connectivity index (χ0v) is 8.13. The van der Waals surface area contributed by atoms with Gasteiger partial charge in [-0.15, -0.1) is 0 Å². The minimum atomic E-state index is 0.232. The lowest BCUT2D eigenvalue weighted by Gasteiger charge is -2.15. The van der Waals surface area contributed by atoms with Crippen LogP contribution in [0, 0.1) is 0 Å². The molecule has 1 aromatic carbocycles. The quantitative estimate of drug-likeness (QED) is 0.422. The highest BCUT2D eigenvalue weighted by atomic mass is 32.1. The Balaban J connectivity index is 2.39. The molecule has 0 atom stereocenters. The first-order chi connectivity index (χ1) is 6.20. The van der Waals surface area contributed by atoms with E-state index in [4.69, 9.17) is 23.8 Å². The lowest BCUT2D eigenvalue weighted by Crippen LogP contribution is -2.42. The van der Waals surface area contributed by atoms with E-state index in [-0.39, 0.29) is 5.11 Å². The van der Waals surface area contributed by atoms with Crippen LogP contribution in [-0.4, -0.2) is 16.7 Å². The summed E-state index contributed by atoms with van der Waals surface area (Å²) in [5, 5.41) is 1.61. The fourth-order valence-corrected chi connectivity index (χ4v) is 1.10. The number of nitrogens with zero attached hydrogens (tertiary/aromatic N) is 1. The predicted molar refractivity (Wildman–Crippen MR) is 57.8 cm³/mol. The molecule has 0 amide bonds. The Bertz CT molecular complexity index is 273. The molecular weight excluding hydrogens is 182 g/mol. The second kappa shape index (κ2) is 4.79. The number of rotatable bonds is 3. The van der Waals surface area contributed by atoms with Gasteiger partial charge in [0.1, 0.15) is 0 Å². The molecule has 0 saturated carbocycles.